The molecule has 1 aromatic carbocycles. The molecule has 0 aliphatic carbocycles. The van der Waals surface area contributed by atoms with E-state index in [0.717, 1.165) is 0 Å². The number of halogens is 1. The van der Waals surface area contributed by atoms with Crippen LogP contribution in [0.4, 0.5) is 4.39 Å². The first-order valence-corrected chi connectivity index (χ1v) is 5.61. The molecule has 2 aromatic rings. The summed E-state index contributed by atoms with van der Waals surface area (Å²) in [4.78, 5) is 11.7. The Bertz CT molecular complexity index is 617. The molecule has 0 radical (unpaired) electrons. The van der Waals surface area contributed by atoms with Gasteiger partial charge in [-0.15, -0.1) is 0 Å². The molecule has 0 aliphatic rings. The second-order valence-electron chi connectivity index (χ2n) is 4.21. The number of hydrogen-bond acceptors (Lipinski definition) is 3. The Morgan fingerprint density at radius 1 is 1.33 bits per heavy atom. The molecule has 5 heteroatoms. The minimum absolute atomic E-state index is 0.180. The van der Waals surface area contributed by atoms with Gasteiger partial charge in [-0.25, -0.2) is 9.07 Å². The zero-order valence-corrected chi connectivity index (χ0v) is 10.2. The molecule has 18 heavy (non-hydrogen) atoms. The number of hydrogen-bond donors (Lipinski definition) is 1. The van der Waals surface area contributed by atoms with Crippen molar-refractivity contribution in [2.45, 2.75) is 19.9 Å². The Morgan fingerprint density at radius 3 is 2.50 bits per heavy atom. The van der Waals surface area contributed by atoms with Crippen LogP contribution in [0.1, 0.15) is 24.4 Å². The molecule has 0 saturated carbocycles. The van der Waals surface area contributed by atoms with Gasteiger partial charge in [-0.05, 0) is 38.1 Å². The monoisotopic (exact) mass is 247 g/mol. The van der Waals surface area contributed by atoms with E-state index < -0.39 is 6.04 Å². The van der Waals surface area contributed by atoms with Crippen LogP contribution < -0.4 is 11.2 Å². The van der Waals surface area contributed by atoms with Crippen molar-refractivity contribution in [3.8, 4) is 5.69 Å². The van der Waals surface area contributed by atoms with Gasteiger partial charge in [0.1, 0.15) is 11.5 Å². The number of nitrogens with two attached hydrogens (primary N) is 1. The normalized spacial score (nSPS) is 12.4. The lowest BCUT2D eigenvalue weighted by atomic mass is 10.2. The highest BCUT2D eigenvalue weighted by molar-refractivity contribution is 5.33. The zero-order chi connectivity index (χ0) is 13.3. The summed E-state index contributed by atoms with van der Waals surface area (Å²) in [6, 6.07) is 6.94. The summed E-state index contributed by atoms with van der Waals surface area (Å²) in [5.41, 5.74) is 7.18. The molecule has 1 aromatic heterocycles. The van der Waals surface area contributed by atoms with Crippen molar-refractivity contribution in [1.82, 2.24) is 9.78 Å². The van der Waals surface area contributed by atoms with Crippen LogP contribution in [0.2, 0.25) is 0 Å². The molecule has 0 saturated heterocycles. The summed E-state index contributed by atoms with van der Waals surface area (Å²) in [6.45, 7) is 3.47. The van der Waals surface area contributed by atoms with Gasteiger partial charge in [-0.1, -0.05) is 0 Å². The van der Waals surface area contributed by atoms with Crippen molar-refractivity contribution >= 4 is 0 Å². The predicted octanol–water partition coefficient (Wildman–Crippen LogP) is 1.70. The Balaban J connectivity index is 2.60. The molecule has 0 spiro atoms. The second-order valence-corrected chi connectivity index (χ2v) is 4.21. The maximum Gasteiger partial charge on any atom is 0.205 e. The van der Waals surface area contributed by atoms with E-state index in [9.17, 15) is 9.18 Å². The van der Waals surface area contributed by atoms with Crippen LogP contribution in [-0.4, -0.2) is 9.78 Å². The van der Waals surface area contributed by atoms with Crippen molar-refractivity contribution in [3.05, 3.63) is 57.8 Å². The molecule has 2 N–H and O–H groups in total. The Hall–Kier alpha value is -2.01. The summed E-state index contributed by atoms with van der Waals surface area (Å²) in [7, 11) is 0. The number of aromatic nitrogens is 2. The third-order valence-electron chi connectivity index (χ3n) is 2.64. The Labute approximate surface area is 104 Å². The third kappa shape index (κ3) is 2.31. The summed E-state index contributed by atoms with van der Waals surface area (Å²) < 4.78 is 14.5. The Kier molecular flexibility index (Phi) is 3.25. The fourth-order valence-corrected chi connectivity index (χ4v) is 1.72. The number of aryl methyl sites for hydroxylation is 1. The topological polar surface area (TPSA) is 60.9 Å². The van der Waals surface area contributed by atoms with Crippen LogP contribution >= 0.6 is 0 Å². The number of rotatable bonds is 2. The maximum absolute atomic E-state index is 12.9. The summed E-state index contributed by atoms with van der Waals surface area (Å²) in [5.74, 6) is -0.315. The van der Waals surface area contributed by atoms with Crippen LogP contribution in [0.3, 0.4) is 0 Å². The molecule has 2 rings (SSSR count). The first-order valence-electron chi connectivity index (χ1n) is 5.61. The average Bonchev–Trinajstić information content (AvgIpc) is 2.30. The van der Waals surface area contributed by atoms with Crippen molar-refractivity contribution in [2.24, 2.45) is 5.73 Å². The van der Waals surface area contributed by atoms with E-state index in [-0.39, 0.29) is 11.2 Å². The lowest BCUT2D eigenvalue weighted by Crippen LogP contribution is -2.24. The fourth-order valence-electron chi connectivity index (χ4n) is 1.72. The highest BCUT2D eigenvalue weighted by Crippen LogP contribution is 2.11. The lowest BCUT2D eigenvalue weighted by Gasteiger charge is -2.12. The van der Waals surface area contributed by atoms with E-state index in [0.29, 0.717) is 17.1 Å². The van der Waals surface area contributed by atoms with Gasteiger partial charge in [0, 0.05) is 17.8 Å². The van der Waals surface area contributed by atoms with Crippen molar-refractivity contribution in [1.29, 1.82) is 0 Å². The molecule has 0 aliphatic heterocycles. The van der Waals surface area contributed by atoms with Gasteiger partial charge in [0.2, 0.25) is 5.43 Å². The second kappa shape index (κ2) is 4.70. The molecule has 0 amide bonds. The van der Waals surface area contributed by atoms with Crippen LogP contribution in [0.25, 0.3) is 5.69 Å². The van der Waals surface area contributed by atoms with Crippen molar-refractivity contribution < 1.29 is 4.39 Å². The van der Waals surface area contributed by atoms with Crippen molar-refractivity contribution in [2.75, 3.05) is 0 Å². The van der Waals surface area contributed by atoms with Gasteiger partial charge in [-0.2, -0.15) is 5.10 Å². The molecule has 4 nitrogen and oxygen atoms in total. The quantitative estimate of drug-likeness (QED) is 0.878. The highest BCUT2D eigenvalue weighted by Gasteiger charge is 2.10. The third-order valence-corrected chi connectivity index (χ3v) is 2.64. The fraction of sp³-hybridized carbons (Fsp3) is 0.231. The molecular formula is C13H14FN3O. The van der Waals surface area contributed by atoms with Crippen molar-refractivity contribution in [3.63, 3.8) is 0 Å². The van der Waals surface area contributed by atoms with Crippen LogP contribution in [0.15, 0.2) is 35.1 Å². The largest absolute Gasteiger partial charge is 0.323 e. The van der Waals surface area contributed by atoms with Crippen LogP contribution in [0, 0.1) is 12.7 Å². The molecule has 1 unspecified atom stereocenters. The average molecular weight is 247 g/mol. The smallest absolute Gasteiger partial charge is 0.205 e. The molecule has 0 bridgehead atoms. The van der Waals surface area contributed by atoms with E-state index >= 15 is 0 Å². The van der Waals surface area contributed by atoms with E-state index in [1.165, 1.54) is 18.2 Å². The molecule has 94 valence electrons. The summed E-state index contributed by atoms with van der Waals surface area (Å²) in [5, 5.41) is 4.23. The predicted molar refractivity (Wildman–Crippen MR) is 67.1 cm³/mol. The van der Waals surface area contributed by atoms with E-state index in [2.05, 4.69) is 5.10 Å². The summed E-state index contributed by atoms with van der Waals surface area (Å²) >= 11 is 0. The molecular weight excluding hydrogens is 233 g/mol. The van der Waals surface area contributed by atoms with Gasteiger partial charge in [-0.3, -0.25) is 4.79 Å². The number of nitrogens with zero attached hydrogens (tertiary/aromatic N) is 2. The molecule has 0 fully saturated rings. The van der Waals surface area contributed by atoms with Gasteiger partial charge >= 0.3 is 0 Å². The standard InChI is InChI=1S/C13H14FN3O/c1-8-7-12(18)13(9(2)15)16-17(8)11-5-3-10(14)4-6-11/h3-7,9H,15H2,1-2H3. The lowest BCUT2D eigenvalue weighted by molar-refractivity contribution is 0.625. The first-order chi connectivity index (χ1) is 8.49. The molecule has 1 atom stereocenters. The van der Waals surface area contributed by atoms with E-state index in [4.69, 9.17) is 5.73 Å². The zero-order valence-electron chi connectivity index (χ0n) is 10.2. The van der Waals surface area contributed by atoms with Gasteiger partial charge in [0.15, 0.2) is 0 Å². The SMILES string of the molecule is Cc1cc(=O)c(C(C)N)nn1-c1ccc(F)cc1. The van der Waals surface area contributed by atoms with Gasteiger partial charge in [0.25, 0.3) is 0 Å². The highest BCUT2D eigenvalue weighted by atomic mass is 19.1. The Morgan fingerprint density at radius 2 is 1.94 bits per heavy atom. The first kappa shape index (κ1) is 12.4. The minimum Gasteiger partial charge on any atom is -0.323 e. The van der Waals surface area contributed by atoms with Gasteiger partial charge in [0.05, 0.1) is 5.69 Å². The summed E-state index contributed by atoms with van der Waals surface area (Å²) in [6.07, 6.45) is 0. The minimum atomic E-state index is -0.440. The maximum atomic E-state index is 12.9. The molecule has 1 heterocycles. The van der Waals surface area contributed by atoms with Crippen LogP contribution in [0.5, 0.6) is 0 Å². The van der Waals surface area contributed by atoms with Crippen LogP contribution in [-0.2, 0) is 0 Å². The van der Waals surface area contributed by atoms with Gasteiger partial charge < -0.3 is 5.73 Å². The number of benzene rings is 1. The van der Waals surface area contributed by atoms with E-state index in [1.54, 1.807) is 30.7 Å². The van der Waals surface area contributed by atoms with E-state index in [1.807, 2.05) is 0 Å².